The van der Waals surface area contributed by atoms with Gasteiger partial charge in [0.1, 0.15) is 5.82 Å². The van der Waals surface area contributed by atoms with Crippen LogP contribution in [-0.4, -0.2) is 31.1 Å². The van der Waals surface area contributed by atoms with Crippen molar-refractivity contribution in [1.82, 2.24) is 0 Å². The summed E-state index contributed by atoms with van der Waals surface area (Å²) >= 11 is 0. The molecular formula is C19H18FNO5. The number of para-hydroxylation sites is 1. The summed E-state index contributed by atoms with van der Waals surface area (Å²) in [6, 6.07) is 11.9. The number of hydrogen-bond acceptors (Lipinski definition) is 5. The standard InChI is InChI=1S/C19H18FNO5/c1-2-25-19(24)15-8-3-4-9-16(15)21-17(22)12-26-18(23)11-13-6-5-7-14(20)10-13/h3-10H,2,11-12H2,1H3,(H,21,22). The number of esters is 2. The first-order valence-electron chi connectivity index (χ1n) is 7.95. The molecule has 0 heterocycles. The highest BCUT2D eigenvalue weighted by molar-refractivity contribution is 6.01. The van der Waals surface area contributed by atoms with Gasteiger partial charge in [0.05, 0.1) is 24.3 Å². The summed E-state index contributed by atoms with van der Waals surface area (Å²) in [6.07, 6.45) is -0.148. The van der Waals surface area contributed by atoms with Crippen LogP contribution in [0.25, 0.3) is 0 Å². The Labute approximate surface area is 149 Å². The Balaban J connectivity index is 1.89. The van der Waals surface area contributed by atoms with Crippen molar-refractivity contribution in [2.75, 3.05) is 18.5 Å². The molecule has 136 valence electrons. The number of carbonyl (C=O) groups is 3. The van der Waals surface area contributed by atoms with Gasteiger partial charge < -0.3 is 14.8 Å². The van der Waals surface area contributed by atoms with E-state index in [1.54, 1.807) is 31.2 Å². The number of anilines is 1. The molecule has 26 heavy (non-hydrogen) atoms. The van der Waals surface area contributed by atoms with Crippen molar-refractivity contribution in [2.24, 2.45) is 0 Å². The van der Waals surface area contributed by atoms with E-state index >= 15 is 0 Å². The van der Waals surface area contributed by atoms with Gasteiger partial charge in [0, 0.05) is 0 Å². The average molecular weight is 359 g/mol. The van der Waals surface area contributed by atoms with Crippen LogP contribution in [0.2, 0.25) is 0 Å². The van der Waals surface area contributed by atoms with Gasteiger partial charge in [0.2, 0.25) is 0 Å². The van der Waals surface area contributed by atoms with Gasteiger partial charge in [0.15, 0.2) is 6.61 Å². The maximum absolute atomic E-state index is 13.1. The SMILES string of the molecule is CCOC(=O)c1ccccc1NC(=O)COC(=O)Cc1cccc(F)c1. The van der Waals surface area contributed by atoms with E-state index < -0.39 is 30.3 Å². The number of carbonyl (C=O) groups excluding carboxylic acids is 3. The molecule has 0 unspecified atom stereocenters. The van der Waals surface area contributed by atoms with Crippen LogP contribution in [0, 0.1) is 5.82 Å². The highest BCUT2D eigenvalue weighted by Gasteiger charge is 2.15. The van der Waals surface area contributed by atoms with E-state index in [1.807, 2.05) is 0 Å². The van der Waals surface area contributed by atoms with Crippen molar-refractivity contribution >= 4 is 23.5 Å². The minimum absolute atomic E-state index is 0.148. The molecule has 2 rings (SSSR count). The second-order valence-electron chi connectivity index (χ2n) is 5.28. The van der Waals surface area contributed by atoms with Crippen molar-refractivity contribution in [1.29, 1.82) is 0 Å². The van der Waals surface area contributed by atoms with Crippen molar-refractivity contribution in [2.45, 2.75) is 13.3 Å². The summed E-state index contributed by atoms with van der Waals surface area (Å²) in [5.74, 6) is -2.28. The maximum Gasteiger partial charge on any atom is 0.340 e. The van der Waals surface area contributed by atoms with Crippen LogP contribution in [0.5, 0.6) is 0 Å². The summed E-state index contributed by atoms with van der Waals surface area (Å²) in [6.45, 7) is 1.36. The van der Waals surface area contributed by atoms with Crippen molar-refractivity contribution in [3.8, 4) is 0 Å². The molecule has 0 aliphatic carbocycles. The van der Waals surface area contributed by atoms with Gasteiger partial charge in [-0.3, -0.25) is 9.59 Å². The van der Waals surface area contributed by atoms with Gasteiger partial charge >= 0.3 is 11.9 Å². The Morgan fingerprint density at radius 1 is 1.04 bits per heavy atom. The van der Waals surface area contributed by atoms with Gasteiger partial charge in [0.25, 0.3) is 5.91 Å². The van der Waals surface area contributed by atoms with Crippen LogP contribution >= 0.6 is 0 Å². The lowest BCUT2D eigenvalue weighted by Crippen LogP contribution is -2.23. The quantitative estimate of drug-likeness (QED) is 0.769. The predicted octanol–water partition coefficient (Wildman–Crippen LogP) is 2.73. The lowest BCUT2D eigenvalue weighted by molar-refractivity contribution is -0.146. The molecule has 2 aromatic rings. The molecule has 7 heteroatoms. The van der Waals surface area contributed by atoms with Gasteiger partial charge in [-0.25, -0.2) is 9.18 Å². The topological polar surface area (TPSA) is 81.7 Å². The fourth-order valence-electron chi connectivity index (χ4n) is 2.18. The molecule has 0 radical (unpaired) electrons. The van der Waals surface area contributed by atoms with E-state index in [-0.39, 0.29) is 24.3 Å². The summed E-state index contributed by atoms with van der Waals surface area (Å²) in [5, 5.41) is 2.50. The molecule has 0 saturated carbocycles. The van der Waals surface area contributed by atoms with Gasteiger partial charge in [-0.2, -0.15) is 0 Å². The lowest BCUT2D eigenvalue weighted by atomic mass is 10.1. The second-order valence-corrected chi connectivity index (χ2v) is 5.28. The Morgan fingerprint density at radius 3 is 2.54 bits per heavy atom. The van der Waals surface area contributed by atoms with E-state index in [0.717, 1.165) is 0 Å². The molecule has 0 aliphatic heterocycles. The Bertz CT molecular complexity index is 806. The van der Waals surface area contributed by atoms with Crippen LogP contribution < -0.4 is 5.32 Å². The lowest BCUT2D eigenvalue weighted by Gasteiger charge is -2.10. The smallest absolute Gasteiger partial charge is 0.340 e. The first-order chi connectivity index (χ1) is 12.5. The Kier molecular flexibility index (Phi) is 6.84. The molecule has 0 bridgehead atoms. The second kappa shape index (κ2) is 9.31. The van der Waals surface area contributed by atoms with Crippen LogP contribution in [-0.2, 0) is 25.5 Å². The van der Waals surface area contributed by atoms with Crippen LogP contribution in [0.15, 0.2) is 48.5 Å². The zero-order chi connectivity index (χ0) is 18.9. The predicted molar refractivity (Wildman–Crippen MR) is 92.1 cm³/mol. The maximum atomic E-state index is 13.1. The van der Waals surface area contributed by atoms with Crippen LogP contribution in [0.4, 0.5) is 10.1 Å². The molecule has 0 aromatic heterocycles. The first kappa shape index (κ1) is 19.1. The van der Waals surface area contributed by atoms with Gasteiger partial charge in [-0.05, 0) is 36.8 Å². The van der Waals surface area contributed by atoms with Crippen LogP contribution in [0.1, 0.15) is 22.8 Å². The molecule has 0 saturated heterocycles. The average Bonchev–Trinajstić information content (AvgIpc) is 2.61. The number of hydrogen-bond donors (Lipinski definition) is 1. The highest BCUT2D eigenvalue weighted by atomic mass is 19.1. The minimum atomic E-state index is -0.663. The van der Waals surface area contributed by atoms with Crippen molar-refractivity contribution < 1.29 is 28.2 Å². The molecule has 1 N–H and O–H groups in total. The van der Waals surface area contributed by atoms with Gasteiger partial charge in [-0.1, -0.05) is 24.3 Å². The Morgan fingerprint density at radius 2 is 1.81 bits per heavy atom. The van der Waals surface area contributed by atoms with E-state index in [9.17, 15) is 18.8 Å². The van der Waals surface area contributed by atoms with E-state index in [2.05, 4.69) is 5.32 Å². The molecule has 0 aliphatic rings. The number of amides is 1. The molecular weight excluding hydrogens is 341 g/mol. The molecule has 2 aromatic carbocycles. The molecule has 6 nitrogen and oxygen atoms in total. The molecule has 0 spiro atoms. The molecule has 1 amide bonds. The van der Waals surface area contributed by atoms with Crippen LogP contribution in [0.3, 0.4) is 0 Å². The number of halogens is 1. The van der Waals surface area contributed by atoms with E-state index in [4.69, 9.17) is 9.47 Å². The summed E-state index contributed by atoms with van der Waals surface area (Å²) in [4.78, 5) is 35.6. The fourth-order valence-corrected chi connectivity index (χ4v) is 2.18. The van der Waals surface area contributed by atoms with Gasteiger partial charge in [-0.15, -0.1) is 0 Å². The highest BCUT2D eigenvalue weighted by Crippen LogP contribution is 2.16. The third-order valence-corrected chi connectivity index (χ3v) is 3.30. The van der Waals surface area contributed by atoms with E-state index in [1.165, 1.54) is 24.3 Å². The number of benzene rings is 2. The van der Waals surface area contributed by atoms with Crippen molar-refractivity contribution in [3.05, 3.63) is 65.5 Å². The number of rotatable bonds is 7. The summed E-state index contributed by atoms with van der Waals surface area (Å²) in [7, 11) is 0. The zero-order valence-electron chi connectivity index (χ0n) is 14.2. The largest absolute Gasteiger partial charge is 0.462 e. The number of ether oxygens (including phenoxy) is 2. The van der Waals surface area contributed by atoms with Crippen molar-refractivity contribution in [3.63, 3.8) is 0 Å². The Hall–Kier alpha value is -3.22. The van der Waals surface area contributed by atoms with E-state index in [0.29, 0.717) is 5.56 Å². The number of nitrogens with one attached hydrogen (secondary N) is 1. The fraction of sp³-hybridized carbons (Fsp3) is 0.211. The third-order valence-electron chi connectivity index (χ3n) is 3.30. The zero-order valence-corrected chi connectivity index (χ0v) is 14.2. The monoisotopic (exact) mass is 359 g/mol. The molecule has 0 fully saturated rings. The summed E-state index contributed by atoms with van der Waals surface area (Å²) in [5.41, 5.74) is 0.911. The first-order valence-corrected chi connectivity index (χ1v) is 7.95. The summed E-state index contributed by atoms with van der Waals surface area (Å²) < 4.78 is 22.9. The molecule has 0 atom stereocenters. The third kappa shape index (κ3) is 5.70. The minimum Gasteiger partial charge on any atom is -0.462 e. The normalized spacial score (nSPS) is 10.1.